The third-order valence-corrected chi connectivity index (χ3v) is 6.84. The first-order chi connectivity index (χ1) is 17.5. The molecule has 214 valence electrons. The molecule has 0 heterocycles. The molecule has 39 heavy (non-hydrogen) atoms. The van der Waals surface area contributed by atoms with E-state index in [-0.39, 0.29) is 51.2 Å². The molecule has 1 aliphatic rings. The molecule has 9 heteroatoms. The number of benzene rings is 2. The molecule has 0 N–H and O–H groups in total. The predicted molar refractivity (Wildman–Crippen MR) is 150 cm³/mol. The molecule has 3 rings (SSSR count). The van der Waals surface area contributed by atoms with Crippen molar-refractivity contribution in [3.05, 3.63) is 73.0 Å². The molecular formula is C30H40CoN3O5. The van der Waals surface area contributed by atoms with Gasteiger partial charge in [-0.15, -0.1) is 0 Å². The number of aliphatic imine (C=N–C) groups is 2. The SMILES string of the molecule is Cc1cc(C(C)(C)C)cc(C=N[C@@H]2CCCC[C@H]2N=Cc2cc(C(C)(C)C)cc(C)c2[O-])c1[O-].O=[N+]([O-])[O-].[Co+3]. The van der Waals surface area contributed by atoms with Gasteiger partial charge in [-0.1, -0.05) is 101 Å². The van der Waals surface area contributed by atoms with Crippen molar-refractivity contribution in [3.8, 4) is 11.5 Å². The first-order valence-electron chi connectivity index (χ1n) is 13.0. The van der Waals surface area contributed by atoms with E-state index < -0.39 is 5.09 Å². The summed E-state index contributed by atoms with van der Waals surface area (Å²) in [6.45, 7) is 16.7. The van der Waals surface area contributed by atoms with Crippen LogP contribution in [0.25, 0.3) is 0 Å². The zero-order chi connectivity index (χ0) is 28.8. The van der Waals surface area contributed by atoms with E-state index in [1.165, 1.54) is 0 Å². The average molecular weight is 582 g/mol. The Bertz CT molecular complexity index is 1110. The molecule has 0 spiro atoms. The molecule has 0 bridgehead atoms. The smallest absolute Gasteiger partial charge is 0.872 e. The molecule has 0 saturated heterocycles. The predicted octanol–water partition coefficient (Wildman–Crippen LogP) is 5.65. The van der Waals surface area contributed by atoms with E-state index in [0.717, 1.165) is 47.9 Å². The molecule has 2 aromatic rings. The van der Waals surface area contributed by atoms with Gasteiger partial charge in [-0.25, -0.2) is 0 Å². The first-order valence-corrected chi connectivity index (χ1v) is 13.0. The van der Waals surface area contributed by atoms with Gasteiger partial charge in [-0.3, -0.25) is 9.98 Å². The minimum absolute atomic E-state index is 0. The molecule has 8 nitrogen and oxygen atoms in total. The van der Waals surface area contributed by atoms with Crippen molar-refractivity contribution in [1.29, 1.82) is 0 Å². The normalized spacial score (nSPS) is 17.9. The van der Waals surface area contributed by atoms with Crippen molar-refractivity contribution in [2.45, 2.75) is 104 Å². The van der Waals surface area contributed by atoms with Crippen molar-refractivity contribution >= 4 is 12.4 Å². The zero-order valence-corrected chi connectivity index (χ0v) is 25.2. The Labute approximate surface area is 242 Å². The van der Waals surface area contributed by atoms with Crippen LogP contribution in [-0.4, -0.2) is 29.6 Å². The molecule has 0 aliphatic heterocycles. The molecule has 0 radical (unpaired) electrons. The molecule has 1 aliphatic carbocycles. The summed E-state index contributed by atoms with van der Waals surface area (Å²) < 4.78 is 0. The largest absolute Gasteiger partial charge is 3.00 e. The van der Waals surface area contributed by atoms with Gasteiger partial charge in [0.2, 0.25) is 0 Å². The van der Waals surface area contributed by atoms with E-state index in [9.17, 15) is 10.2 Å². The van der Waals surface area contributed by atoms with Crippen LogP contribution in [0.4, 0.5) is 0 Å². The second-order valence-electron chi connectivity index (χ2n) is 12.1. The number of nitrogens with zero attached hydrogens (tertiary/aromatic N) is 3. The first kappa shape index (κ1) is 34.1. The molecule has 0 aromatic heterocycles. The summed E-state index contributed by atoms with van der Waals surface area (Å²) in [5.74, 6) is 0.0798. The molecule has 2 atom stereocenters. The van der Waals surface area contributed by atoms with Crippen LogP contribution in [0.2, 0.25) is 0 Å². The summed E-state index contributed by atoms with van der Waals surface area (Å²) >= 11 is 0. The van der Waals surface area contributed by atoms with E-state index >= 15 is 0 Å². The van der Waals surface area contributed by atoms with E-state index in [2.05, 4.69) is 41.5 Å². The van der Waals surface area contributed by atoms with Gasteiger partial charge < -0.3 is 25.5 Å². The summed E-state index contributed by atoms with van der Waals surface area (Å²) in [5.41, 5.74) is 5.02. The molecule has 1 fully saturated rings. The number of rotatable bonds is 4. The van der Waals surface area contributed by atoms with Crippen LogP contribution >= 0.6 is 0 Å². The van der Waals surface area contributed by atoms with Gasteiger partial charge in [0.05, 0.1) is 17.2 Å². The molecule has 0 unspecified atom stereocenters. The quantitative estimate of drug-likeness (QED) is 0.261. The fourth-order valence-electron chi connectivity index (χ4n) is 4.45. The third kappa shape index (κ3) is 9.96. The maximum absolute atomic E-state index is 12.7. The van der Waals surface area contributed by atoms with Crippen molar-refractivity contribution in [3.63, 3.8) is 0 Å². The molecular weight excluding hydrogens is 541 g/mol. The van der Waals surface area contributed by atoms with Gasteiger partial charge in [0.1, 0.15) is 0 Å². The van der Waals surface area contributed by atoms with Gasteiger partial charge >= 0.3 is 16.8 Å². The number of hydrogen-bond donors (Lipinski definition) is 0. The topological polar surface area (TPSA) is 137 Å². The minimum Gasteiger partial charge on any atom is -0.872 e. The number of hydrogen-bond acceptors (Lipinski definition) is 7. The summed E-state index contributed by atoms with van der Waals surface area (Å²) in [7, 11) is 0. The van der Waals surface area contributed by atoms with E-state index in [1.807, 2.05) is 38.1 Å². The molecule has 1 saturated carbocycles. The summed E-state index contributed by atoms with van der Waals surface area (Å²) in [4.78, 5) is 18.0. The second kappa shape index (κ2) is 13.9. The van der Waals surface area contributed by atoms with Crippen LogP contribution in [0.1, 0.15) is 101 Å². The summed E-state index contributed by atoms with van der Waals surface area (Å²) in [6, 6.07) is 7.97. The van der Waals surface area contributed by atoms with Crippen molar-refractivity contribution < 1.29 is 32.1 Å². The molecule has 0 amide bonds. The van der Waals surface area contributed by atoms with Gasteiger partial charge in [0, 0.05) is 12.4 Å². The average Bonchev–Trinajstić information content (AvgIpc) is 2.79. The van der Waals surface area contributed by atoms with Crippen molar-refractivity contribution in [1.82, 2.24) is 0 Å². The summed E-state index contributed by atoms with van der Waals surface area (Å²) in [5, 5.41) is 40.2. The Kier molecular flexibility index (Phi) is 12.2. The minimum atomic E-state index is -1.75. The monoisotopic (exact) mass is 581 g/mol. The van der Waals surface area contributed by atoms with E-state index in [1.54, 1.807) is 12.4 Å². The van der Waals surface area contributed by atoms with Gasteiger partial charge in [-0.2, -0.15) is 0 Å². The fraction of sp³-hybridized carbons (Fsp3) is 0.533. The maximum Gasteiger partial charge on any atom is 3.00 e. The van der Waals surface area contributed by atoms with Gasteiger partial charge in [0.25, 0.3) is 0 Å². The maximum atomic E-state index is 12.7. The second-order valence-corrected chi connectivity index (χ2v) is 12.1. The summed E-state index contributed by atoms with van der Waals surface area (Å²) in [6.07, 6.45) is 7.60. The zero-order valence-electron chi connectivity index (χ0n) is 24.2. The number of aryl methyl sites for hydroxylation is 2. The van der Waals surface area contributed by atoms with Crippen LogP contribution < -0.4 is 10.2 Å². The third-order valence-electron chi connectivity index (χ3n) is 6.84. The van der Waals surface area contributed by atoms with E-state index in [0.29, 0.717) is 11.1 Å². The van der Waals surface area contributed by atoms with Crippen LogP contribution in [0.3, 0.4) is 0 Å². The Balaban J connectivity index is 0.00000142. The Morgan fingerprint density at radius 3 is 1.33 bits per heavy atom. The van der Waals surface area contributed by atoms with Crippen LogP contribution in [0.15, 0.2) is 34.3 Å². The van der Waals surface area contributed by atoms with Gasteiger partial charge in [0.15, 0.2) is 0 Å². The Morgan fingerprint density at radius 1 is 0.744 bits per heavy atom. The fourth-order valence-corrected chi connectivity index (χ4v) is 4.45. The Morgan fingerprint density at radius 2 is 1.05 bits per heavy atom. The Hall–Kier alpha value is -2.91. The van der Waals surface area contributed by atoms with Crippen molar-refractivity contribution in [2.24, 2.45) is 9.98 Å². The van der Waals surface area contributed by atoms with Crippen LogP contribution in [0.5, 0.6) is 11.5 Å². The molecule has 2 aromatic carbocycles. The van der Waals surface area contributed by atoms with Gasteiger partial charge in [-0.05, 0) is 59.8 Å². The van der Waals surface area contributed by atoms with Crippen molar-refractivity contribution in [2.75, 3.05) is 0 Å². The standard InChI is InChI=1S/C30H42N2O2.Co.NO3/c1-19-13-23(29(3,4)5)15-21(27(19)33)17-31-25-11-9-10-12-26(25)32-18-22-16-24(30(6,7)8)14-20(2)28(22)34;;2-1(3)4/h13-18,25-26,33-34H,9-12H2,1-8H3;;/q;+3;-1/p-2/t25-,26-;;/m1../s1. The van der Waals surface area contributed by atoms with Crippen LogP contribution in [-0.2, 0) is 27.6 Å². The van der Waals surface area contributed by atoms with E-state index in [4.69, 9.17) is 25.3 Å². The van der Waals surface area contributed by atoms with Crippen LogP contribution in [0, 0.1) is 29.2 Å².